The Morgan fingerprint density at radius 1 is 1.25 bits per heavy atom. The molecule has 0 aromatic heterocycles. The molecule has 1 heterocycles. The molecule has 0 unspecified atom stereocenters. The Bertz CT molecular complexity index is 639. The molecule has 0 aliphatic carbocycles. The van der Waals surface area contributed by atoms with Crippen molar-refractivity contribution in [3.05, 3.63) is 29.1 Å². The number of carbonyl (C=O) groups is 2. The van der Waals surface area contributed by atoms with Crippen molar-refractivity contribution in [1.82, 2.24) is 15.1 Å². The first-order valence-corrected chi connectivity index (χ1v) is 6.93. The smallest absolute Gasteiger partial charge is 0.257 e. The van der Waals surface area contributed by atoms with Crippen molar-refractivity contribution in [2.45, 2.75) is 0 Å². The maximum atomic E-state index is 13.7. The Kier molecular flexibility index (Phi) is 6.85. The Morgan fingerprint density at radius 3 is 2.42 bits per heavy atom. The number of likely N-dealkylation sites (N-methyl/N-ethyl adjacent to an activating group) is 1. The number of amides is 2. The van der Waals surface area contributed by atoms with Crippen molar-refractivity contribution in [2.24, 2.45) is 0 Å². The maximum Gasteiger partial charge on any atom is 0.257 e. The summed E-state index contributed by atoms with van der Waals surface area (Å²) in [7, 11) is 1.24. The van der Waals surface area contributed by atoms with Gasteiger partial charge in [0.15, 0.2) is 17.4 Å². The van der Waals surface area contributed by atoms with Crippen LogP contribution in [0.15, 0.2) is 6.07 Å². The van der Waals surface area contributed by atoms with Gasteiger partial charge >= 0.3 is 0 Å². The summed E-state index contributed by atoms with van der Waals surface area (Å²) in [5, 5.41) is 12.2. The number of nitrogens with zero attached hydrogens (tertiary/aromatic N) is 2. The lowest BCUT2D eigenvalue weighted by atomic mass is 10.1. The van der Waals surface area contributed by atoms with Gasteiger partial charge in [-0.2, -0.15) is 4.39 Å². The number of carbonyl (C=O) groups excluding carboxylic acids is 2. The van der Waals surface area contributed by atoms with Crippen molar-refractivity contribution >= 4 is 24.2 Å². The molecule has 1 aromatic rings. The Hall–Kier alpha value is -2.00. The SMILES string of the molecule is CN(CC(=O)N1CCNCC1)C(=O)c1cc(F)c(F)c(O)c1F.Cl. The number of benzene rings is 1. The number of hydrogen-bond acceptors (Lipinski definition) is 4. The second kappa shape index (κ2) is 8.20. The molecular formula is C14H17ClF3N3O3. The van der Waals surface area contributed by atoms with Crippen LogP contribution >= 0.6 is 12.4 Å². The third kappa shape index (κ3) is 4.09. The number of phenols is 1. The second-order valence-corrected chi connectivity index (χ2v) is 5.17. The highest BCUT2D eigenvalue weighted by atomic mass is 35.5. The second-order valence-electron chi connectivity index (χ2n) is 5.17. The van der Waals surface area contributed by atoms with E-state index >= 15 is 0 Å². The number of hydrogen-bond donors (Lipinski definition) is 2. The molecule has 6 nitrogen and oxygen atoms in total. The summed E-state index contributed by atoms with van der Waals surface area (Å²) in [6, 6.07) is 0.360. The maximum absolute atomic E-state index is 13.7. The van der Waals surface area contributed by atoms with Gasteiger partial charge in [-0.25, -0.2) is 8.78 Å². The van der Waals surface area contributed by atoms with Crippen molar-refractivity contribution < 1.29 is 27.9 Å². The first-order valence-electron chi connectivity index (χ1n) is 6.93. The van der Waals surface area contributed by atoms with Crippen LogP contribution in [0.25, 0.3) is 0 Å². The zero-order valence-corrected chi connectivity index (χ0v) is 13.6. The van der Waals surface area contributed by atoms with Crippen LogP contribution in [-0.2, 0) is 4.79 Å². The van der Waals surface area contributed by atoms with Crippen LogP contribution in [0.2, 0.25) is 0 Å². The van der Waals surface area contributed by atoms with Crippen LogP contribution in [0.3, 0.4) is 0 Å². The highest BCUT2D eigenvalue weighted by Gasteiger charge is 2.26. The minimum Gasteiger partial charge on any atom is -0.503 e. The number of nitrogens with one attached hydrogen (secondary N) is 1. The highest BCUT2D eigenvalue weighted by molar-refractivity contribution is 5.97. The lowest BCUT2D eigenvalue weighted by Crippen LogP contribution is -2.49. The molecule has 2 N–H and O–H groups in total. The number of phenolic OH excluding ortho intramolecular Hbond substituents is 1. The first kappa shape index (κ1) is 20.0. The van der Waals surface area contributed by atoms with E-state index in [0.29, 0.717) is 32.2 Å². The molecule has 10 heteroatoms. The fourth-order valence-corrected chi connectivity index (χ4v) is 2.24. The van der Waals surface area contributed by atoms with Crippen molar-refractivity contribution in [3.8, 4) is 5.75 Å². The standard InChI is InChI=1S/C14H16F3N3O3.ClH/c1-19(7-10(21)20-4-2-18-3-5-20)14(23)8-6-9(15)12(17)13(22)11(8)16;/h6,18,22H,2-5,7H2,1H3;1H. The Morgan fingerprint density at radius 2 is 1.83 bits per heavy atom. The topological polar surface area (TPSA) is 72.9 Å². The molecule has 24 heavy (non-hydrogen) atoms. The van der Waals surface area contributed by atoms with E-state index in [2.05, 4.69) is 5.32 Å². The van der Waals surface area contributed by atoms with Gasteiger partial charge in [-0.1, -0.05) is 0 Å². The number of piperazine rings is 1. The minimum absolute atomic E-state index is 0. The van der Waals surface area contributed by atoms with Gasteiger partial charge in [0.25, 0.3) is 5.91 Å². The van der Waals surface area contributed by atoms with E-state index in [0.717, 1.165) is 4.90 Å². The fraction of sp³-hybridized carbons (Fsp3) is 0.429. The summed E-state index contributed by atoms with van der Waals surface area (Å²) in [5.41, 5.74) is -0.836. The molecule has 1 fully saturated rings. The van der Waals surface area contributed by atoms with E-state index in [1.54, 1.807) is 4.90 Å². The molecule has 1 aliphatic rings. The molecule has 134 valence electrons. The van der Waals surface area contributed by atoms with Gasteiger partial charge in [0.1, 0.15) is 0 Å². The van der Waals surface area contributed by atoms with Gasteiger partial charge in [0.05, 0.1) is 12.1 Å². The third-order valence-electron chi connectivity index (χ3n) is 3.55. The largest absolute Gasteiger partial charge is 0.503 e. The van der Waals surface area contributed by atoms with Gasteiger partial charge in [0.2, 0.25) is 11.7 Å². The fourth-order valence-electron chi connectivity index (χ4n) is 2.24. The molecule has 0 spiro atoms. The molecular weight excluding hydrogens is 351 g/mol. The minimum atomic E-state index is -1.77. The van der Waals surface area contributed by atoms with Crippen molar-refractivity contribution in [3.63, 3.8) is 0 Å². The summed E-state index contributed by atoms with van der Waals surface area (Å²) in [6.45, 7) is 1.91. The summed E-state index contributed by atoms with van der Waals surface area (Å²) in [4.78, 5) is 26.6. The average molecular weight is 368 g/mol. The summed E-state index contributed by atoms with van der Waals surface area (Å²) in [6.07, 6.45) is 0. The van der Waals surface area contributed by atoms with Gasteiger partial charge < -0.3 is 20.2 Å². The van der Waals surface area contributed by atoms with Crippen LogP contribution in [0.5, 0.6) is 5.75 Å². The van der Waals surface area contributed by atoms with Crippen molar-refractivity contribution in [2.75, 3.05) is 39.8 Å². The third-order valence-corrected chi connectivity index (χ3v) is 3.55. The average Bonchev–Trinajstić information content (AvgIpc) is 2.56. The summed E-state index contributed by atoms with van der Waals surface area (Å²) in [5.74, 6) is -7.80. The first-order chi connectivity index (χ1) is 10.8. The molecule has 2 amide bonds. The normalized spacial score (nSPS) is 14.1. The van der Waals surface area contributed by atoms with Crippen LogP contribution in [0.4, 0.5) is 13.2 Å². The quantitative estimate of drug-likeness (QED) is 0.773. The van der Waals surface area contributed by atoms with Crippen LogP contribution in [0, 0.1) is 17.5 Å². The van der Waals surface area contributed by atoms with Gasteiger partial charge in [-0.3, -0.25) is 9.59 Å². The number of rotatable bonds is 3. The summed E-state index contributed by atoms with van der Waals surface area (Å²) >= 11 is 0. The van der Waals surface area contributed by atoms with E-state index in [-0.39, 0.29) is 24.9 Å². The highest BCUT2D eigenvalue weighted by Crippen LogP contribution is 2.26. The van der Waals surface area contributed by atoms with E-state index < -0.39 is 34.7 Å². The molecule has 0 atom stereocenters. The van der Waals surface area contributed by atoms with Crippen LogP contribution in [0.1, 0.15) is 10.4 Å². The molecule has 1 saturated heterocycles. The molecule has 2 rings (SSSR count). The Labute approximate surface area is 142 Å². The Balaban J connectivity index is 0.00000288. The van der Waals surface area contributed by atoms with E-state index in [4.69, 9.17) is 5.11 Å². The van der Waals surface area contributed by atoms with Gasteiger partial charge in [0, 0.05) is 33.2 Å². The lowest BCUT2D eigenvalue weighted by Gasteiger charge is -2.29. The summed E-state index contributed by atoms with van der Waals surface area (Å²) < 4.78 is 40.0. The van der Waals surface area contributed by atoms with E-state index in [1.165, 1.54) is 7.05 Å². The molecule has 1 aliphatic heterocycles. The zero-order chi connectivity index (χ0) is 17.1. The lowest BCUT2D eigenvalue weighted by molar-refractivity contribution is -0.132. The number of halogens is 4. The molecule has 0 bridgehead atoms. The van der Waals surface area contributed by atoms with E-state index in [1.807, 2.05) is 0 Å². The van der Waals surface area contributed by atoms with Crippen LogP contribution < -0.4 is 5.32 Å². The molecule has 1 aromatic carbocycles. The van der Waals surface area contributed by atoms with Gasteiger partial charge in [-0.15, -0.1) is 12.4 Å². The van der Waals surface area contributed by atoms with E-state index in [9.17, 15) is 22.8 Å². The molecule has 0 radical (unpaired) electrons. The predicted octanol–water partition coefficient (Wildman–Crippen LogP) is 0.735. The number of aromatic hydroxyl groups is 1. The zero-order valence-electron chi connectivity index (χ0n) is 12.8. The van der Waals surface area contributed by atoms with Gasteiger partial charge in [-0.05, 0) is 6.07 Å². The molecule has 0 saturated carbocycles. The van der Waals surface area contributed by atoms with Crippen molar-refractivity contribution in [1.29, 1.82) is 0 Å². The predicted molar refractivity (Wildman–Crippen MR) is 81.6 cm³/mol. The van der Waals surface area contributed by atoms with Crippen LogP contribution in [-0.4, -0.2) is 66.5 Å². The monoisotopic (exact) mass is 367 g/mol.